The molecule has 2 unspecified atom stereocenters. The Hall–Kier alpha value is -1.16. The number of rotatable bonds is 4. The second kappa shape index (κ2) is 5.68. The van der Waals surface area contributed by atoms with Gasteiger partial charge in [0.25, 0.3) is 0 Å². The van der Waals surface area contributed by atoms with Crippen LogP contribution in [0, 0.1) is 5.95 Å². The van der Waals surface area contributed by atoms with Crippen LogP contribution in [0.4, 0.5) is 10.2 Å². The van der Waals surface area contributed by atoms with Gasteiger partial charge >= 0.3 is 13.9 Å². The van der Waals surface area contributed by atoms with E-state index in [0.717, 1.165) is 10.6 Å². The molecule has 9 nitrogen and oxygen atoms in total. The lowest BCUT2D eigenvalue weighted by molar-refractivity contribution is -0.0318. The minimum atomic E-state index is -4.34. The first-order valence-corrected chi connectivity index (χ1v) is 7.24. The number of aromatic nitrogens is 2. The van der Waals surface area contributed by atoms with Crippen molar-refractivity contribution in [1.29, 1.82) is 0 Å². The summed E-state index contributed by atoms with van der Waals surface area (Å²) in [5.41, 5.74) is 4.37. The molecule has 0 amide bonds. The zero-order valence-electron chi connectivity index (χ0n) is 10.2. The molecule has 0 bridgehead atoms. The Balaban J connectivity index is 2.05. The molecule has 5 N–H and O–H groups in total. The van der Waals surface area contributed by atoms with E-state index in [2.05, 4.69) is 9.51 Å². The standard InChI is InChI=1S/C9H13FN3O6P/c10-6-3-7(11)12-9(14)13(6)8-2-1-5(19-8)4-18-20(15,16)17/h3,5,8,15-17H,1-2,4H2,(H-,11,12,14)/p+1. The van der Waals surface area contributed by atoms with Crippen LogP contribution in [0.5, 0.6) is 0 Å². The van der Waals surface area contributed by atoms with Gasteiger partial charge in [0, 0.05) is 6.07 Å². The van der Waals surface area contributed by atoms with Gasteiger partial charge in [-0.15, -0.1) is 0 Å². The third-order valence-electron chi connectivity index (χ3n) is 2.73. The fourth-order valence-electron chi connectivity index (χ4n) is 1.92. The van der Waals surface area contributed by atoms with Gasteiger partial charge in [0.05, 0.1) is 6.10 Å². The van der Waals surface area contributed by atoms with Crippen LogP contribution >= 0.6 is 8.17 Å². The average molecular weight is 310 g/mol. The first kappa shape index (κ1) is 15.2. The number of nitrogens with zero attached hydrogens (tertiary/aromatic N) is 2. The summed E-state index contributed by atoms with van der Waals surface area (Å²) >= 11 is 0. The van der Waals surface area contributed by atoms with Gasteiger partial charge in [-0.25, -0.2) is 9.36 Å². The van der Waals surface area contributed by atoms with E-state index in [1.54, 1.807) is 0 Å². The van der Waals surface area contributed by atoms with Crippen molar-refractivity contribution in [2.75, 3.05) is 12.3 Å². The van der Waals surface area contributed by atoms with Gasteiger partial charge in [0.1, 0.15) is 18.7 Å². The molecule has 0 aliphatic carbocycles. The molecule has 1 aliphatic rings. The molecular weight excluding hydrogens is 296 g/mol. The highest BCUT2D eigenvalue weighted by Gasteiger charge is 2.37. The summed E-state index contributed by atoms with van der Waals surface area (Å²) in [5.74, 6) is -1.10. The van der Waals surface area contributed by atoms with E-state index in [1.165, 1.54) is 0 Å². The zero-order valence-corrected chi connectivity index (χ0v) is 11.1. The maximum atomic E-state index is 13.7. The van der Waals surface area contributed by atoms with Crippen LogP contribution in [-0.2, 0) is 9.26 Å². The minimum absolute atomic E-state index is 0.225. The predicted molar refractivity (Wildman–Crippen MR) is 65.5 cm³/mol. The Bertz CT molecular complexity index is 547. The number of hydrogen-bond donors (Lipinski definition) is 4. The summed E-state index contributed by atoms with van der Waals surface area (Å²) in [6, 6.07) is 0.903. The van der Waals surface area contributed by atoms with Crippen molar-refractivity contribution in [1.82, 2.24) is 9.55 Å². The topological polar surface area (TPSA) is 140 Å². The van der Waals surface area contributed by atoms with Gasteiger partial charge < -0.3 is 10.5 Å². The fourth-order valence-corrected chi connectivity index (χ4v) is 2.29. The molecule has 1 aromatic rings. The van der Waals surface area contributed by atoms with Gasteiger partial charge in [0.2, 0.25) is 5.95 Å². The smallest absolute Gasteiger partial charge is 0.383 e. The molecule has 20 heavy (non-hydrogen) atoms. The molecule has 1 aliphatic heterocycles. The lowest BCUT2D eigenvalue weighted by Gasteiger charge is -2.16. The highest BCUT2D eigenvalue weighted by molar-refractivity contribution is 7.53. The molecule has 0 aromatic carbocycles. The Kier molecular flexibility index (Phi) is 4.33. The summed E-state index contributed by atoms with van der Waals surface area (Å²) in [7, 11) is -4.34. The van der Waals surface area contributed by atoms with Gasteiger partial charge in [-0.1, -0.05) is 0 Å². The van der Waals surface area contributed by atoms with E-state index in [9.17, 15) is 9.18 Å². The molecule has 0 spiro atoms. The van der Waals surface area contributed by atoms with Gasteiger partial charge in [-0.3, -0.25) is 0 Å². The normalized spacial score (nSPS) is 23.2. The van der Waals surface area contributed by atoms with E-state index < -0.39 is 32.1 Å². The number of hydrogen-bond acceptors (Lipinski definition) is 8. The maximum absolute atomic E-state index is 13.7. The Morgan fingerprint density at radius 1 is 1.55 bits per heavy atom. The molecule has 1 saturated heterocycles. The van der Waals surface area contributed by atoms with E-state index >= 15 is 0 Å². The van der Waals surface area contributed by atoms with E-state index in [-0.39, 0.29) is 12.4 Å². The molecule has 2 atom stereocenters. The van der Waals surface area contributed by atoms with Crippen LogP contribution in [0.15, 0.2) is 10.9 Å². The molecular formula is C9H14FN3O6P+. The Morgan fingerprint density at radius 2 is 2.25 bits per heavy atom. The summed E-state index contributed by atoms with van der Waals surface area (Å²) < 4.78 is 24.2. The molecule has 112 valence electrons. The third kappa shape index (κ3) is 3.69. The lowest BCUT2D eigenvalue weighted by atomic mass is 10.2. The summed E-state index contributed by atoms with van der Waals surface area (Å²) in [5, 5.41) is 0. The van der Waals surface area contributed by atoms with Crippen LogP contribution < -0.4 is 11.4 Å². The van der Waals surface area contributed by atoms with Crippen molar-refractivity contribution in [3.05, 3.63) is 22.5 Å². The van der Waals surface area contributed by atoms with Crippen molar-refractivity contribution in [2.45, 2.75) is 25.2 Å². The number of halogens is 1. The summed E-state index contributed by atoms with van der Waals surface area (Å²) in [4.78, 5) is 41.0. The van der Waals surface area contributed by atoms with Crippen LogP contribution in [0.1, 0.15) is 19.1 Å². The lowest BCUT2D eigenvalue weighted by Crippen LogP contribution is -2.30. The molecule has 1 aromatic heterocycles. The molecule has 0 saturated carbocycles. The van der Waals surface area contributed by atoms with Gasteiger partial charge in [-0.05, 0) is 12.8 Å². The second-order valence-corrected chi connectivity index (χ2v) is 5.54. The van der Waals surface area contributed by atoms with Gasteiger partial charge in [-0.2, -0.15) is 28.6 Å². The first-order valence-electron chi connectivity index (χ1n) is 5.68. The van der Waals surface area contributed by atoms with Crippen LogP contribution in [0.3, 0.4) is 0 Å². The summed E-state index contributed by atoms with van der Waals surface area (Å²) in [6.07, 6.45) is -0.784. The number of anilines is 1. The highest BCUT2D eigenvalue weighted by atomic mass is 31.2. The molecule has 0 radical (unpaired) electrons. The summed E-state index contributed by atoms with van der Waals surface area (Å²) in [6.45, 7) is -0.285. The molecule has 2 rings (SSSR count). The maximum Gasteiger partial charge on any atom is 0.567 e. The van der Waals surface area contributed by atoms with Gasteiger partial charge in [0.15, 0.2) is 0 Å². The second-order valence-electron chi connectivity index (χ2n) is 4.26. The highest BCUT2D eigenvalue weighted by Crippen LogP contribution is 2.46. The Labute approximate surface area is 113 Å². The zero-order chi connectivity index (χ0) is 14.9. The van der Waals surface area contributed by atoms with E-state index in [0.29, 0.717) is 12.8 Å². The SMILES string of the molecule is Nc1cc(F)n(C2CCC(CO[P+](O)(O)O)O2)c(=O)n1. The van der Waals surface area contributed by atoms with Crippen molar-refractivity contribution in [2.24, 2.45) is 0 Å². The largest absolute Gasteiger partial charge is 0.567 e. The average Bonchev–Trinajstić information content (AvgIpc) is 2.72. The van der Waals surface area contributed by atoms with Crippen LogP contribution in [0.2, 0.25) is 0 Å². The van der Waals surface area contributed by atoms with Crippen molar-refractivity contribution in [3.63, 3.8) is 0 Å². The van der Waals surface area contributed by atoms with E-state index in [1.807, 2.05) is 0 Å². The first-order chi connectivity index (χ1) is 9.26. The van der Waals surface area contributed by atoms with Crippen molar-refractivity contribution < 1.29 is 28.3 Å². The quantitative estimate of drug-likeness (QED) is 0.423. The number of ether oxygens (including phenoxy) is 1. The van der Waals surface area contributed by atoms with Crippen LogP contribution in [0.25, 0.3) is 0 Å². The number of nitrogen functional groups attached to an aromatic ring is 1. The molecule has 1 fully saturated rings. The van der Waals surface area contributed by atoms with Crippen molar-refractivity contribution in [3.8, 4) is 0 Å². The molecule has 2 heterocycles. The van der Waals surface area contributed by atoms with Crippen molar-refractivity contribution >= 4 is 14.0 Å². The Morgan fingerprint density at radius 3 is 2.85 bits per heavy atom. The third-order valence-corrected chi connectivity index (χ3v) is 3.23. The van der Waals surface area contributed by atoms with E-state index in [4.69, 9.17) is 25.2 Å². The predicted octanol–water partition coefficient (Wildman–Crippen LogP) is -0.687. The fraction of sp³-hybridized carbons (Fsp3) is 0.556. The minimum Gasteiger partial charge on any atom is -0.383 e. The monoisotopic (exact) mass is 310 g/mol. The molecule has 11 heteroatoms. The number of nitrogens with two attached hydrogens (primary N) is 1. The van der Waals surface area contributed by atoms with Crippen LogP contribution in [-0.4, -0.2) is 36.9 Å².